The smallest absolute Gasteiger partial charge is 0.0462 e. The molecule has 0 aliphatic heterocycles. The Bertz CT molecular complexity index is 319. The molecule has 0 saturated carbocycles. The Morgan fingerprint density at radius 1 is 1.06 bits per heavy atom. The fourth-order valence-electron chi connectivity index (χ4n) is 2.44. The van der Waals surface area contributed by atoms with Crippen LogP contribution in [0, 0.1) is 12.8 Å². The van der Waals surface area contributed by atoms with Crippen molar-refractivity contribution in [2.24, 2.45) is 5.92 Å². The van der Waals surface area contributed by atoms with Crippen molar-refractivity contribution in [3.63, 3.8) is 0 Å². The lowest BCUT2D eigenvalue weighted by Gasteiger charge is -2.15. The fraction of sp³-hybridized carbons (Fsp3) is 0.647. The first-order valence-electron chi connectivity index (χ1n) is 7.43. The van der Waals surface area contributed by atoms with Gasteiger partial charge in [0.2, 0.25) is 0 Å². The van der Waals surface area contributed by atoms with Crippen LogP contribution in [0.4, 0.5) is 0 Å². The van der Waals surface area contributed by atoms with Crippen LogP contribution in [0.1, 0.15) is 56.6 Å². The van der Waals surface area contributed by atoms with E-state index in [1.165, 1.54) is 43.2 Å². The van der Waals surface area contributed by atoms with Gasteiger partial charge >= 0.3 is 0 Å². The predicted molar refractivity (Wildman–Crippen MR) is 78.8 cm³/mol. The number of aliphatic hydroxyl groups excluding tert-OH is 1. The largest absolute Gasteiger partial charge is 0.396 e. The van der Waals surface area contributed by atoms with Crippen molar-refractivity contribution < 1.29 is 5.11 Å². The summed E-state index contributed by atoms with van der Waals surface area (Å²) in [7, 11) is 0. The van der Waals surface area contributed by atoms with Crippen molar-refractivity contribution in [1.82, 2.24) is 0 Å². The van der Waals surface area contributed by atoms with Gasteiger partial charge in [-0.1, -0.05) is 63.3 Å². The second-order valence-corrected chi connectivity index (χ2v) is 5.38. The number of rotatable bonds is 9. The van der Waals surface area contributed by atoms with Crippen LogP contribution in [0.3, 0.4) is 0 Å². The second kappa shape index (κ2) is 9.16. The minimum Gasteiger partial charge on any atom is -0.396 e. The number of aliphatic hydroxyl groups is 1. The van der Waals surface area contributed by atoms with Gasteiger partial charge in [-0.2, -0.15) is 0 Å². The molecule has 0 aliphatic rings. The molecule has 0 bridgehead atoms. The van der Waals surface area contributed by atoms with Gasteiger partial charge in [-0.15, -0.1) is 0 Å². The zero-order valence-corrected chi connectivity index (χ0v) is 12.0. The maximum absolute atomic E-state index is 9.48. The summed E-state index contributed by atoms with van der Waals surface area (Å²) >= 11 is 0. The third kappa shape index (κ3) is 5.68. The van der Waals surface area contributed by atoms with Gasteiger partial charge in [0.1, 0.15) is 0 Å². The SMILES string of the molecule is CCCCCCCC(CO)Cc1ccccc1C. The van der Waals surface area contributed by atoms with Gasteiger partial charge in [0.25, 0.3) is 0 Å². The van der Waals surface area contributed by atoms with Crippen LogP contribution in [0.15, 0.2) is 24.3 Å². The molecule has 1 aromatic rings. The summed E-state index contributed by atoms with van der Waals surface area (Å²) in [5.74, 6) is 0.438. The molecule has 0 aliphatic carbocycles. The number of aryl methyl sites for hydroxylation is 1. The van der Waals surface area contributed by atoms with E-state index in [4.69, 9.17) is 0 Å². The summed E-state index contributed by atoms with van der Waals surface area (Å²) in [6.45, 7) is 4.72. The standard InChI is InChI=1S/C17H28O/c1-3-4-5-6-7-11-16(14-18)13-17-12-9-8-10-15(17)2/h8-10,12,16,18H,3-7,11,13-14H2,1-2H3. The molecule has 0 fully saturated rings. The van der Waals surface area contributed by atoms with E-state index in [-0.39, 0.29) is 0 Å². The lowest BCUT2D eigenvalue weighted by atomic mass is 9.92. The summed E-state index contributed by atoms with van der Waals surface area (Å²) in [6, 6.07) is 8.52. The van der Waals surface area contributed by atoms with Gasteiger partial charge in [0.15, 0.2) is 0 Å². The zero-order valence-electron chi connectivity index (χ0n) is 12.0. The maximum Gasteiger partial charge on any atom is 0.0462 e. The highest BCUT2D eigenvalue weighted by Crippen LogP contribution is 2.18. The first kappa shape index (κ1) is 15.2. The Hall–Kier alpha value is -0.820. The van der Waals surface area contributed by atoms with E-state index >= 15 is 0 Å². The van der Waals surface area contributed by atoms with E-state index in [2.05, 4.69) is 38.1 Å². The molecule has 0 aromatic heterocycles. The Labute approximate surface area is 112 Å². The molecule has 1 heteroatoms. The molecule has 1 N–H and O–H groups in total. The summed E-state index contributed by atoms with van der Waals surface area (Å²) in [4.78, 5) is 0. The van der Waals surface area contributed by atoms with Crippen LogP contribution >= 0.6 is 0 Å². The highest BCUT2D eigenvalue weighted by atomic mass is 16.3. The van der Waals surface area contributed by atoms with Crippen LogP contribution in [-0.2, 0) is 6.42 Å². The Balaban J connectivity index is 2.31. The van der Waals surface area contributed by atoms with Crippen LogP contribution in [0.25, 0.3) is 0 Å². The van der Waals surface area contributed by atoms with E-state index in [0.717, 1.165) is 12.8 Å². The number of hydrogen-bond acceptors (Lipinski definition) is 1. The summed E-state index contributed by atoms with van der Waals surface area (Å²) in [5.41, 5.74) is 2.74. The molecule has 0 saturated heterocycles. The molecule has 1 atom stereocenters. The predicted octanol–water partition coefficient (Wildman–Crippen LogP) is 4.51. The third-order valence-electron chi connectivity index (χ3n) is 3.74. The van der Waals surface area contributed by atoms with Gasteiger partial charge in [-0.25, -0.2) is 0 Å². The molecule has 1 rings (SSSR count). The Morgan fingerprint density at radius 3 is 2.44 bits per heavy atom. The van der Waals surface area contributed by atoms with Crippen molar-refractivity contribution >= 4 is 0 Å². The highest BCUT2D eigenvalue weighted by Gasteiger charge is 2.09. The third-order valence-corrected chi connectivity index (χ3v) is 3.74. The molecule has 18 heavy (non-hydrogen) atoms. The van der Waals surface area contributed by atoms with Gasteiger partial charge in [0.05, 0.1) is 0 Å². The van der Waals surface area contributed by atoms with E-state index in [9.17, 15) is 5.11 Å². The summed E-state index contributed by atoms with van der Waals surface area (Å²) < 4.78 is 0. The average molecular weight is 248 g/mol. The summed E-state index contributed by atoms with van der Waals surface area (Å²) in [5, 5.41) is 9.48. The number of benzene rings is 1. The molecule has 0 amide bonds. The first-order valence-corrected chi connectivity index (χ1v) is 7.43. The molecule has 1 unspecified atom stereocenters. The highest BCUT2D eigenvalue weighted by molar-refractivity contribution is 5.25. The van der Waals surface area contributed by atoms with Crippen molar-refractivity contribution in [1.29, 1.82) is 0 Å². The fourth-order valence-corrected chi connectivity index (χ4v) is 2.44. The monoisotopic (exact) mass is 248 g/mol. The van der Waals surface area contributed by atoms with Gasteiger partial charge in [-0.3, -0.25) is 0 Å². The van der Waals surface area contributed by atoms with Gasteiger partial charge < -0.3 is 5.11 Å². The first-order chi connectivity index (χ1) is 8.77. The van der Waals surface area contributed by atoms with Crippen LogP contribution in [0.2, 0.25) is 0 Å². The van der Waals surface area contributed by atoms with E-state index in [0.29, 0.717) is 12.5 Å². The van der Waals surface area contributed by atoms with E-state index in [1.807, 2.05) is 0 Å². The summed E-state index contributed by atoms with van der Waals surface area (Å²) in [6.07, 6.45) is 8.76. The molecular weight excluding hydrogens is 220 g/mol. The van der Waals surface area contributed by atoms with Crippen molar-refractivity contribution in [3.8, 4) is 0 Å². The number of hydrogen-bond donors (Lipinski definition) is 1. The molecule has 0 radical (unpaired) electrons. The Morgan fingerprint density at radius 2 is 1.78 bits per heavy atom. The lowest BCUT2D eigenvalue weighted by Crippen LogP contribution is -2.10. The van der Waals surface area contributed by atoms with Crippen molar-refractivity contribution in [2.45, 2.75) is 58.8 Å². The zero-order chi connectivity index (χ0) is 13.2. The lowest BCUT2D eigenvalue weighted by molar-refractivity contribution is 0.214. The molecular formula is C17H28O. The Kier molecular flexibility index (Phi) is 7.75. The van der Waals surface area contributed by atoms with E-state index in [1.54, 1.807) is 0 Å². The molecule has 1 nitrogen and oxygen atoms in total. The minimum atomic E-state index is 0.322. The van der Waals surface area contributed by atoms with Crippen LogP contribution < -0.4 is 0 Å². The van der Waals surface area contributed by atoms with Crippen molar-refractivity contribution in [2.75, 3.05) is 6.61 Å². The molecule has 102 valence electrons. The quantitative estimate of drug-likeness (QED) is 0.638. The maximum atomic E-state index is 9.48. The van der Waals surface area contributed by atoms with Crippen LogP contribution in [0.5, 0.6) is 0 Å². The molecule has 1 aromatic carbocycles. The van der Waals surface area contributed by atoms with Gasteiger partial charge in [-0.05, 0) is 36.8 Å². The average Bonchev–Trinajstić information content (AvgIpc) is 2.39. The second-order valence-electron chi connectivity index (χ2n) is 5.38. The van der Waals surface area contributed by atoms with E-state index < -0.39 is 0 Å². The number of unbranched alkanes of at least 4 members (excludes halogenated alkanes) is 4. The molecule has 0 spiro atoms. The topological polar surface area (TPSA) is 20.2 Å². The normalized spacial score (nSPS) is 12.6. The van der Waals surface area contributed by atoms with Crippen LogP contribution in [-0.4, -0.2) is 11.7 Å². The molecule has 0 heterocycles. The van der Waals surface area contributed by atoms with Crippen molar-refractivity contribution in [3.05, 3.63) is 35.4 Å². The minimum absolute atomic E-state index is 0.322. The van der Waals surface area contributed by atoms with Gasteiger partial charge in [0, 0.05) is 6.61 Å².